The van der Waals surface area contributed by atoms with Crippen LogP contribution >= 0.6 is 11.3 Å². The van der Waals surface area contributed by atoms with Crippen molar-refractivity contribution in [1.82, 2.24) is 0 Å². The first-order valence-corrected chi connectivity index (χ1v) is 6.19. The molecular formula is C12H20OS. The van der Waals surface area contributed by atoms with Crippen LogP contribution in [0.1, 0.15) is 36.9 Å². The molecule has 0 saturated carbocycles. The molecule has 14 heavy (non-hydrogen) atoms. The van der Waals surface area contributed by atoms with Gasteiger partial charge in [-0.25, -0.2) is 0 Å². The monoisotopic (exact) mass is 212 g/mol. The van der Waals surface area contributed by atoms with E-state index in [9.17, 15) is 5.11 Å². The van der Waals surface area contributed by atoms with Gasteiger partial charge in [0.1, 0.15) is 0 Å². The van der Waals surface area contributed by atoms with Crippen LogP contribution in [0.25, 0.3) is 0 Å². The Morgan fingerprint density at radius 3 is 2.43 bits per heavy atom. The van der Waals surface area contributed by atoms with Crippen molar-refractivity contribution in [3.63, 3.8) is 0 Å². The van der Waals surface area contributed by atoms with Gasteiger partial charge in [-0.3, -0.25) is 0 Å². The fraction of sp³-hybridized carbons (Fsp3) is 0.667. The first-order valence-electron chi connectivity index (χ1n) is 5.37. The molecule has 2 heteroatoms. The second-order valence-electron chi connectivity index (χ2n) is 4.21. The molecule has 0 spiro atoms. The second-order valence-corrected chi connectivity index (χ2v) is 5.46. The largest absolute Gasteiger partial charge is 0.393 e. The van der Waals surface area contributed by atoms with Crippen molar-refractivity contribution in [2.45, 2.75) is 46.1 Å². The summed E-state index contributed by atoms with van der Waals surface area (Å²) in [5.41, 5.74) is 0. The minimum Gasteiger partial charge on any atom is -0.393 e. The first kappa shape index (κ1) is 11.7. The smallest absolute Gasteiger partial charge is 0.0590 e. The highest BCUT2D eigenvalue weighted by molar-refractivity contribution is 7.11. The highest BCUT2D eigenvalue weighted by Crippen LogP contribution is 2.20. The van der Waals surface area contributed by atoms with Crippen LogP contribution in [0.3, 0.4) is 0 Å². The maximum atomic E-state index is 9.76. The zero-order valence-electron chi connectivity index (χ0n) is 9.29. The van der Waals surface area contributed by atoms with Crippen molar-refractivity contribution in [2.24, 2.45) is 5.92 Å². The van der Waals surface area contributed by atoms with Crippen LogP contribution in [0.4, 0.5) is 0 Å². The first-order chi connectivity index (χ1) is 6.61. The molecule has 0 aliphatic heterocycles. The highest BCUT2D eigenvalue weighted by atomic mass is 32.1. The average Bonchev–Trinajstić information content (AvgIpc) is 2.50. The van der Waals surface area contributed by atoms with Crippen molar-refractivity contribution in [3.05, 3.63) is 21.9 Å². The second kappa shape index (κ2) is 5.52. The van der Waals surface area contributed by atoms with E-state index in [1.807, 2.05) is 11.3 Å². The minimum atomic E-state index is -0.168. The van der Waals surface area contributed by atoms with E-state index in [0.717, 1.165) is 19.3 Å². The summed E-state index contributed by atoms with van der Waals surface area (Å²) >= 11 is 1.83. The zero-order chi connectivity index (χ0) is 10.6. The Labute approximate surface area is 90.8 Å². The summed E-state index contributed by atoms with van der Waals surface area (Å²) in [4.78, 5) is 2.73. The van der Waals surface area contributed by atoms with E-state index in [2.05, 4.69) is 32.9 Å². The van der Waals surface area contributed by atoms with E-state index >= 15 is 0 Å². The third-order valence-corrected chi connectivity index (χ3v) is 3.50. The summed E-state index contributed by atoms with van der Waals surface area (Å²) in [5, 5.41) is 9.76. The summed E-state index contributed by atoms with van der Waals surface area (Å²) in [6.07, 6.45) is 2.66. The molecular weight excluding hydrogens is 192 g/mol. The number of aryl methyl sites for hydroxylation is 1. The Morgan fingerprint density at radius 1 is 1.29 bits per heavy atom. The molecule has 1 aromatic rings. The van der Waals surface area contributed by atoms with E-state index in [1.54, 1.807) is 0 Å². The number of aliphatic hydroxyl groups is 1. The lowest BCUT2D eigenvalue weighted by Gasteiger charge is -2.11. The maximum Gasteiger partial charge on any atom is 0.0590 e. The SMILES string of the molecule is CCc1ccc(CC(O)CC(C)C)s1. The molecule has 0 saturated heterocycles. The van der Waals surface area contributed by atoms with E-state index in [1.165, 1.54) is 9.75 Å². The molecule has 0 aliphatic rings. The predicted molar refractivity (Wildman–Crippen MR) is 62.9 cm³/mol. The molecule has 0 bridgehead atoms. The van der Waals surface area contributed by atoms with Crippen molar-refractivity contribution >= 4 is 11.3 Å². The number of hydrogen-bond donors (Lipinski definition) is 1. The predicted octanol–water partition coefficient (Wildman–Crippen LogP) is 3.26. The standard InChI is InChI=1S/C12H20OS/c1-4-11-5-6-12(14-11)8-10(13)7-9(2)3/h5-6,9-10,13H,4,7-8H2,1-3H3. The van der Waals surface area contributed by atoms with Crippen LogP contribution in [-0.2, 0) is 12.8 Å². The van der Waals surface area contributed by atoms with Crippen LogP contribution in [0, 0.1) is 5.92 Å². The number of aliphatic hydroxyl groups excluding tert-OH is 1. The van der Waals surface area contributed by atoms with Gasteiger partial charge < -0.3 is 5.11 Å². The van der Waals surface area contributed by atoms with Crippen molar-refractivity contribution in [2.75, 3.05) is 0 Å². The molecule has 1 nitrogen and oxygen atoms in total. The third-order valence-electron chi connectivity index (χ3n) is 2.25. The molecule has 0 fully saturated rings. The topological polar surface area (TPSA) is 20.2 Å². The van der Waals surface area contributed by atoms with E-state index in [4.69, 9.17) is 0 Å². The fourth-order valence-electron chi connectivity index (χ4n) is 1.58. The maximum absolute atomic E-state index is 9.76. The van der Waals surface area contributed by atoms with Gasteiger partial charge in [0, 0.05) is 16.2 Å². The zero-order valence-corrected chi connectivity index (χ0v) is 10.1. The summed E-state index contributed by atoms with van der Waals surface area (Å²) in [6.45, 7) is 6.46. The number of hydrogen-bond acceptors (Lipinski definition) is 2. The lowest BCUT2D eigenvalue weighted by Crippen LogP contribution is -2.12. The Bertz CT molecular complexity index is 265. The van der Waals surface area contributed by atoms with Crippen LogP contribution in [0.15, 0.2) is 12.1 Å². The van der Waals surface area contributed by atoms with Crippen LogP contribution in [0.5, 0.6) is 0 Å². The molecule has 1 atom stereocenters. The van der Waals surface area contributed by atoms with Gasteiger partial charge in [-0.05, 0) is 30.9 Å². The summed E-state index contributed by atoms with van der Waals surface area (Å²) in [6, 6.07) is 4.31. The van der Waals surface area contributed by atoms with Gasteiger partial charge in [-0.1, -0.05) is 20.8 Å². The molecule has 1 N–H and O–H groups in total. The minimum absolute atomic E-state index is 0.168. The molecule has 1 heterocycles. The fourth-order valence-corrected chi connectivity index (χ4v) is 2.61. The molecule has 1 rings (SSSR count). The van der Waals surface area contributed by atoms with Gasteiger partial charge in [0.15, 0.2) is 0 Å². The molecule has 0 amide bonds. The number of rotatable bonds is 5. The normalized spacial score (nSPS) is 13.5. The van der Waals surface area contributed by atoms with Gasteiger partial charge in [0.25, 0.3) is 0 Å². The quantitative estimate of drug-likeness (QED) is 0.794. The summed E-state index contributed by atoms with van der Waals surface area (Å²) in [7, 11) is 0. The molecule has 80 valence electrons. The van der Waals surface area contributed by atoms with Crippen molar-refractivity contribution in [3.8, 4) is 0 Å². The van der Waals surface area contributed by atoms with Crippen molar-refractivity contribution < 1.29 is 5.11 Å². The molecule has 1 aromatic heterocycles. The van der Waals surface area contributed by atoms with Gasteiger partial charge in [0.05, 0.1) is 6.10 Å². The Kier molecular flexibility index (Phi) is 4.63. The molecule has 0 radical (unpaired) electrons. The van der Waals surface area contributed by atoms with E-state index in [0.29, 0.717) is 5.92 Å². The molecule has 1 unspecified atom stereocenters. The van der Waals surface area contributed by atoms with E-state index in [-0.39, 0.29) is 6.10 Å². The summed E-state index contributed by atoms with van der Waals surface area (Å²) < 4.78 is 0. The van der Waals surface area contributed by atoms with Crippen LogP contribution in [0.2, 0.25) is 0 Å². The van der Waals surface area contributed by atoms with Gasteiger partial charge in [-0.2, -0.15) is 0 Å². The highest BCUT2D eigenvalue weighted by Gasteiger charge is 2.09. The lowest BCUT2D eigenvalue weighted by atomic mass is 10.0. The van der Waals surface area contributed by atoms with Crippen molar-refractivity contribution in [1.29, 1.82) is 0 Å². The molecule has 0 aliphatic carbocycles. The third kappa shape index (κ3) is 3.81. The summed E-state index contributed by atoms with van der Waals surface area (Å²) in [5.74, 6) is 0.579. The van der Waals surface area contributed by atoms with Gasteiger partial charge in [0.2, 0.25) is 0 Å². The Hall–Kier alpha value is -0.340. The molecule has 0 aromatic carbocycles. The van der Waals surface area contributed by atoms with Crippen LogP contribution in [-0.4, -0.2) is 11.2 Å². The Morgan fingerprint density at radius 2 is 1.93 bits per heavy atom. The number of thiophene rings is 1. The van der Waals surface area contributed by atoms with Crippen LogP contribution < -0.4 is 0 Å². The Balaban J connectivity index is 2.43. The van der Waals surface area contributed by atoms with E-state index < -0.39 is 0 Å². The average molecular weight is 212 g/mol. The van der Waals surface area contributed by atoms with Gasteiger partial charge >= 0.3 is 0 Å². The lowest BCUT2D eigenvalue weighted by molar-refractivity contribution is 0.150. The van der Waals surface area contributed by atoms with Gasteiger partial charge in [-0.15, -0.1) is 11.3 Å².